The van der Waals surface area contributed by atoms with Gasteiger partial charge in [-0.05, 0) is 12.1 Å². The second-order valence-corrected chi connectivity index (χ2v) is 3.77. The van der Waals surface area contributed by atoms with Gasteiger partial charge in [-0.25, -0.2) is 4.79 Å². The number of nitrogens with one attached hydrogen (secondary N) is 1. The number of hydrogen-bond donors (Lipinski definition) is 1. The molecule has 0 saturated carbocycles. The van der Waals surface area contributed by atoms with Gasteiger partial charge in [0.05, 0.1) is 13.0 Å². The maximum absolute atomic E-state index is 11.7. The Morgan fingerprint density at radius 3 is 2.78 bits per heavy atom. The van der Waals surface area contributed by atoms with Crippen LogP contribution in [0.15, 0.2) is 30.3 Å². The molecule has 2 rings (SSSR count). The van der Waals surface area contributed by atoms with Crippen LogP contribution in [0.2, 0.25) is 0 Å². The monoisotopic (exact) mass is 247 g/mol. The number of H-pyrrole nitrogens is 1. The largest absolute Gasteiger partial charge is 0.388 e. The van der Waals surface area contributed by atoms with Crippen molar-refractivity contribution in [3.05, 3.63) is 36.0 Å². The lowest BCUT2D eigenvalue weighted by molar-refractivity contribution is -0.138. The lowest BCUT2D eigenvalue weighted by Crippen LogP contribution is -2.14. The van der Waals surface area contributed by atoms with E-state index in [0.29, 0.717) is 0 Å². The summed E-state index contributed by atoms with van der Waals surface area (Å²) in [5.41, 5.74) is 1.09. The molecule has 0 spiro atoms. The summed E-state index contributed by atoms with van der Waals surface area (Å²) >= 11 is 0. The molecule has 94 valence electrons. The van der Waals surface area contributed by atoms with Crippen LogP contribution < -0.4 is 0 Å². The Hall–Kier alpha value is -2.14. The summed E-state index contributed by atoms with van der Waals surface area (Å²) in [5, 5.41) is 0.897. The number of para-hydroxylation sites is 1. The smallest absolute Gasteiger partial charge is 0.362 e. The molecule has 18 heavy (non-hydrogen) atoms. The van der Waals surface area contributed by atoms with Crippen molar-refractivity contribution in [2.24, 2.45) is 0 Å². The Bertz CT molecular complexity index is 540. The van der Waals surface area contributed by atoms with Crippen LogP contribution in [0, 0.1) is 0 Å². The number of benzene rings is 1. The molecule has 0 bridgehead atoms. The number of carbonyl (C=O) groups excluding carboxylic acids is 2. The minimum Gasteiger partial charge on any atom is -0.388 e. The fraction of sp³-hybridized carbons (Fsp3) is 0.231. The van der Waals surface area contributed by atoms with Gasteiger partial charge in [-0.1, -0.05) is 18.2 Å². The Morgan fingerprint density at radius 1 is 1.28 bits per heavy atom. The molecule has 2 aromatic rings. The Balaban J connectivity index is 2.06. The Labute approximate surface area is 104 Å². The summed E-state index contributed by atoms with van der Waals surface area (Å²) in [6, 6.07) is 9.10. The molecule has 0 aliphatic carbocycles. The van der Waals surface area contributed by atoms with Crippen LogP contribution in [-0.2, 0) is 14.3 Å². The number of hydrogen-bond acceptors (Lipinski definition) is 4. The summed E-state index contributed by atoms with van der Waals surface area (Å²) in [5.74, 6) is -1.27. The molecule has 5 heteroatoms. The highest BCUT2D eigenvalue weighted by Gasteiger charge is 2.14. The van der Waals surface area contributed by atoms with E-state index in [9.17, 15) is 9.59 Å². The van der Waals surface area contributed by atoms with Crippen LogP contribution in [-0.4, -0.2) is 30.6 Å². The summed E-state index contributed by atoms with van der Waals surface area (Å²) in [6.45, 7) is 0.235. The van der Waals surface area contributed by atoms with Crippen molar-refractivity contribution >= 4 is 22.8 Å². The normalized spacial score (nSPS) is 10.5. The quantitative estimate of drug-likeness (QED) is 0.661. The second-order valence-electron chi connectivity index (χ2n) is 3.77. The number of rotatable bonds is 4. The van der Waals surface area contributed by atoms with Gasteiger partial charge in [0.2, 0.25) is 0 Å². The SMILES string of the molecule is COCCC(=O)OC(=O)c1cc2ccccc2[nH]1. The molecular formula is C13H13NO4. The maximum Gasteiger partial charge on any atom is 0.362 e. The fourth-order valence-electron chi connectivity index (χ4n) is 1.58. The predicted molar refractivity (Wildman–Crippen MR) is 65.2 cm³/mol. The van der Waals surface area contributed by atoms with Gasteiger partial charge in [-0.15, -0.1) is 0 Å². The molecule has 0 amide bonds. The van der Waals surface area contributed by atoms with E-state index < -0.39 is 11.9 Å². The number of ether oxygens (including phenoxy) is 2. The molecule has 1 N–H and O–H groups in total. The molecule has 0 unspecified atom stereocenters. The van der Waals surface area contributed by atoms with Gasteiger partial charge in [0.15, 0.2) is 0 Å². The zero-order chi connectivity index (χ0) is 13.0. The molecule has 0 radical (unpaired) electrons. The Kier molecular flexibility index (Phi) is 3.74. The van der Waals surface area contributed by atoms with E-state index >= 15 is 0 Å². The highest BCUT2D eigenvalue weighted by atomic mass is 16.6. The zero-order valence-electron chi connectivity index (χ0n) is 9.93. The van der Waals surface area contributed by atoms with Gasteiger partial charge < -0.3 is 14.5 Å². The van der Waals surface area contributed by atoms with Crippen molar-refractivity contribution in [2.45, 2.75) is 6.42 Å². The van der Waals surface area contributed by atoms with Crippen molar-refractivity contribution in [3.8, 4) is 0 Å². The van der Waals surface area contributed by atoms with E-state index in [2.05, 4.69) is 9.72 Å². The average Bonchev–Trinajstić information content (AvgIpc) is 2.80. The second kappa shape index (κ2) is 5.46. The van der Waals surface area contributed by atoms with Crippen molar-refractivity contribution in [3.63, 3.8) is 0 Å². The molecule has 1 heterocycles. The van der Waals surface area contributed by atoms with Crippen LogP contribution in [0.5, 0.6) is 0 Å². The van der Waals surface area contributed by atoms with Crippen molar-refractivity contribution in [2.75, 3.05) is 13.7 Å². The van der Waals surface area contributed by atoms with E-state index in [4.69, 9.17) is 4.74 Å². The number of aromatic amines is 1. The highest BCUT2D eigenvalue weighted by Crippen LogP contribution is 2.15. The minimum absolute atomic E-state index is 0.0580. The fourth-order valence-corrected chi connectivity index (χ4v) is 1.58. The topological polar surface area (TPSA) is 68.4 Å². The van der Waals surface area contributed by atoms with Crippen LogP contribution in [0.3, 0.4) is 0 Å². The van der Waals surface area contributed by atoms with Crippen LogP contribution in [0.25, 0.3) is 10.9 Å². The number of esters is 2. The summed E-state index contributed by atoms with van der Waals surface area (Å²) in [7, 11) is 1.48. The summed E-state index contributed by atoms with van der Waals surface area (Å²) in [6.07, 6.45) is 0.0580. The van der Waals surface area contributed by atoms with Gasteiger partial charge in [0.25, 0.3) is 0 Å². The first kappa shape index (κ1) is 12.3. The standard InChI is InChI=1S/C13H13NO4/c1-17-7-6-12(15)18-13(16)11-8-9-4-2-3-5-10(9)14-11/h2-5,8,14H,6-7H2,1H3. The zero-order valence-corrected chi connectivity index (χ0v) is 9.93. The summed E-state index contributed by atoms with van der Waals surface area (Å²) < 4.78 is 9.41. The minimum atomic E-state index is -0.674. The molecule has 5 nitrogen and oxygen atoms in total. The number of methoxy groups -OCH3 is 1. The first-order valence-electron chi connectivity index (χ1n) is 5.52. The third kappa shape index (κ3) is 2.75. The highest BCUT2D eigenvalue weighted by molar-refractivity contribution is 5.99. The van der Waals surface area contributed by atoms with Gasteiger partial charge >= 0.3 is 11.9 Å². The molecule has 0 aliphatic rings. The Morgan fingerprint density at radius 2 is 2.06 bits per heavy atom. The third-order valence-corrected chi connectivity index (χ3v) is 2.47. The average molecular weight is 247 g/mol. The molecule has 0 saturated heterocycles. The van der Waals surface area contributed by atoms with Gasteiger partial charge in [0.1, 0.15) is 5.69 Å². The van der Waals surface area contributed by atoms with Gasteiger partial charge in [0, 0.05) is 18.0 Å². The lowest BCUT2D eigenvalue weighted by Gasteiger charge is -2.00. The summed E-state index contributed by atoms with van der Waals surface area (Å²) in [4.78, 5) is 25.8. The first-order valence-corrected chi connectivity index (χ1v) is 5.52. The molecular weight excluding hydrogens is 234 g/mol. The van der Waals surface area contributed by atoms with E-state index in [1.54, 1.807) is 6.07 Å². The molecule has 1 aromatic heterocycles. The maximum atomic E-state index is 11.7. The van der Waals surface area contributed by atoms with Crippen LogP contribution in [0.1, 0.15) is 16.9 Å². The predicted octanol–water partition coefficient (Wildman–Crippen LogP) is 1.89. The molecule has 1 aromatic carbocycles. The third-order valence-electron chi connectivity index (χ3n) is 2.47. The van der Waals surface area contributed by atoms with Crippen LogP contribution >= 0.6 is 0 Å². The number of aromatic nitrogens is 1. The van der Waals surface area contributed by atoms with Gasteiger partial charge in [-0.2, -0.15) is 0 Å². The lowest BCUT2D eigenvalue weighted by atomic mass is 10.2. The van der Waals surface area contributed by atoms with Crippen molar-refractivity contribution in [1.82, 2.24) is 4.98 Å². The van der Waals surface area contributed by atoms with Gasteiger partial charge in [-0.3, -0.25) is 4.79 Å². The van der Waals surface area contributed by atoms with Crippen molar-refractivity contribution in [1.29, 1.82) is 0 Å². The molecule has 0 fully saturated rings. The number of carbonyl (C=O) groups is 2. The van der Waals surface area contributed by atoms with Crippen LogP contribution in [0.4, 0.5) is 0 Å². The number of fused-ring (bicyclic) bond motifs is 1. The first-order chi connectivity index (χ1) is 8.70. The van der Waals surface area contributed by atoms with E-state index in [1.807, 2.05) is 24.3 Å². The van der Waals surface area contributed by atoms with E-state index in [1.165, 1.54) is 7.11 Å². The molecule has 0 aliphatic heterocycles. The molecule has 0 atom stereocenters. The van der Waals surface area contributed by atoms with E-state index in [0.717, 1.165) is 10.9 Å². The van der Waals surface area contributed by atoms with E-state index in [-0.39, 0.29) is 18.7 Å². The van der Waals surface area contributed by atoms with Crippen molar-refractivity contribution < 1.29 is 19.1 Å².